The van der Waals surface area contributed by atoms with Gasteiger partial charge in [-0.3, -0.25) is 4.79 Å². The summed E-state index contributed by atoms with van der Waals surface area (Å²) >= 11 is 1.40. The molecule has 0 bridgehead atoms. The molecule has 0 radical (unpaired) electrons. The van der Waals surface area contributed by atoms with Gasteiger partial charge >= 0.3 is 0 Å². The van der Waals surface area contributed by atoms with Gasteiger partial charge in [0.25, 0.3) is 5.91 Å². The monoisotopic (exact) mass is 384 g/mol. The molecule has 0 saturated heterocycles. The van der Waals surface area contributed by atoms with Crippen molar-refractivity contribution >= 4 is 29.3 Å². The molecule has 27 heavy (non-hydrogen) atoms. The number of carbonyl (C=O) groups excluding carboxylic acids is 1. The van der Waals surface area contributed by atoms with Crippen LogP contribution in [-0.2, 0) is 0 Å². The van der Waals surface area contributed by atoms with E-state index >= 15 is 0 Å². The molecule has 0 fully saturated rings. The van der Waals surface area contributed by atoms with Crippen LogP contribution in [0.2, 0.25) is 0 Å². The first kappa shape index (κ1) is 16.7. The summed E-state index contributed by atoms with van der Waals surface area (Å²) in [7, 11) is 0. The lowest BCUT2D eigenvalue weighted by Gasteiger charge is -2.02. The number of aromatic nitrogens is 5. The molecule has 4 rings (SSSR count). The van der Waals surface area contributed by atoms with Gasteiger partial charge in [0.15, 0.2) is 5.69 Å². The third-order valence-corrected chi connectivity index (χ3v) is 4.33. The lowest BCUT2D eigenvalue weighted by molar-refractivity contribution is 0.0951. The van der Waals surface area contributed by atoms with E-state index in [1.165, 1.54) is 22.2 Å². The van der Waals surface area contributed by atoms with Crippen molar-refractivity contribution < 1.29 is 13.8 Å². The number of nitrogens with zero attached hydrogens (tertiary/aromatic N) is 6. The highest BCUT2D eigenvalue weighted by Gasteiger charge is 2.25. The van der Waals surface area contributed by atoms with E-state index < -0.39 is 5.91 Å². The SMILES string of the molecule is Cc1ccc(/C=N/NC(=O)c2nnn(-c3nonc3N)c2-c2cccs2)o1. The van der Waals surface area contributed by atoms with Gasteiger partial charge in [-0.05, 0) is 40.8 Å². The summed E-state index contributed by atoms with van der Waals surface area (Å²) in [4.78, 5) is 13.3. The molecule has 3 N–H and O–H groups in total. The normalized spacial score (nSPS) is 11.3. The second kappa shape index (κ2) is 6.84. The highest BCUT2D eigenvalue weighted by Crippen LogP contribution is 2.29. The van der Waals surface area contributed by atoms with Crippen LogP contribution in [0, 0.1) is 6.92 Å². The molecule has 136 valence electrons. The molecule has 4 heterocycles. The molecule has 1 amide bonds. The number of nitrogens with two attached hydrogens (primary N) is 1. The second-order valence-corrected chi connectivity index (χ2v) is 6.24. The van der Waals surface area contributed by atoms with Crippen molar-refractivity contribution in [2.45, 2.75) is 6.92 Å². The van der Waals surface area contributed by atoms with Gasteiger partial charge in [-0.15, -0.1) is 16.4 Å². The summed E-state index contributed by atoms with van der Waals surface area (Å²) in [6.07, 6.45) is 1.39. The molecule has 4 aromatic rings. The molecule has 0 aliphatic heterocycles. The van der Waals surface area contributed by atoms with Gasteiger partial charge in [0, 0.05) is 0 Å². The minimum Gasteiger partial charge on any atom is -0.460 e. The minimum absolute atomic E-state index is 0.0240. The van der Waals surface area contributed by atoms with Crippen LogP contribution in [0.3, 0.4) is 0 Å². The fourth-order valence-electron chi connectivity index (χ4n) is 2.29. The predicted molar refractivity (Wildman–Crippen MR) is 95.4 cm³/mol. The highest BCUT2D eigenvalue weighted by atomic mass is 32.1. The number of nitrogens with one attached hydrogen (secondary N) is 1. The van der Waals surface area contributed by atoms with Crippen molar-refractivity contribution in [3.05, 3.63) is 46.9 Å². The summed E-state index contributed by atoms with van der Waals surface area (Å²) in [5, 5.41) is 20.9. The van der Waals surface area contributed by atoms with E-state index in [1.807, 2.05) is 24.4 Å². The third kappa shape index (κ3) is 3.20. The van der Waals surface area contributed by atoms with E-state index in [9.17, 15) is 4.79 Å². The number of carbonyl (C=O) groups is 1. The Morgan fingerprint density at radius 1 is 1.37 bits per heavy atom. The van der Waals surface area contributed by atoms with E-state index in [-0.39, 0.29) is 17.3 Å². The first-order valence-corrected chi connectivity index (χ1v) is 8.49. The van der Waals surface area contributed by atoms with Crippen LogP contribution in [0.25, 0.3) is 16.4 Å². The van der Waals surface area contributed by atoms with Crippen LogP contribution >= 0.6 is 11.3 Å². The average Bonchev–Trinajstić information content (AvgIpc) is 3.41. The lowest BCUT2D eigenvalue weighted by atomic mass is 10.2. The molecule has 12 heteroatoms. The maximum atomic E-state index is 12.6. The summed E-state index contributed by atoms with van der Waals surface area (Å²) in [5.41, 5.74) is 8.59. The molecule has 0 spiro atoms. The number of aryl methyl sites for hydroxylation is 1. The number of hydrogen-bond acceptors (Lipinski definition) is 10. The number of nitrogen functional groups attached to an aromatic ring is 1. The van der Waals surface area contributed by atoms with Crippen LogP contribution in [0.5, 0.6) is 0 Å². The zero-order valence-corrected chi connectivity index (χ0v) is 14.7. The Kier molecular flexibility index (Phi) is 4.22. The summed E-state index contributed by atoms with van der Waals surface area (Å²) in [5.74, 6) is 0.857. The fraction of sp³-hybridized carbons (Fsp3) is 0.0667. The summed E-state index contributed by atoms with van der Waals surface area (Å²) in [6.45, 7) is 1.81. The average molecular weight is 384 g/mol. The smallest absolute Gasteiger partial charge is 0.294 e. The van der Waals surface area contributed by atoms with Gasteiger partial charge in [-0.1, -0.05) is 11.3 Å². The predicted octanol–water partition coefficient (Wildman–Crippen LogP) is 1.63. The topological polar surface area (TPSA) is 150 Å². The Labute approximate surface area is 155 Å². The molecule has 0 aliphatic carbocycles. The number of anilines is 1. The quantitative estimate of drug-likeness (QED) is 0.389. The maximum Gasteiger partial charge on any atom is 0.294 e. The molecular weight excluding hydrogens is 372 g/mol. The van der Waals surface area contributed by atoms with E-state index in [4.69, 9.17) is 10.2 Å². The molecule has 4 aromatic heterocycles. The van der Waals surface area contributed by atoms with Gasteiger partial charge in [0.05, 0.1) is 11.1 Å². The van der Waals surface area contributed by atoms with Crippen LogP contribution in [0.4, 0.5) is 5.82 Å². The Balaban J connectivity index is 1.66. The first-order chi connectivity index (χ1) is 13.1. The van der Waals surface area contributed by atoms with E-state index in [0.717, 1.165) is 10.6 Å². The molecule has 0 saturated carbocycles. The number of furan rings is 1. The van der Waals surface area contributed by atoms with Crippen molar-refractivity contribution in [2.75, 3.05) is 5.73 Å². The van der Waals surface area contributed by atoms with E-state index in [0.29, 0.717) is 11.5 Å². The van der Waals surface area contributed by atoms with Crippen molar-refractivity contribution in [1.29, 1.82) is 0 Å². The number of hydrogen-bond donors (Lipinski definition) is 2. The standard InChI is InChI=1S/C15H12N8O3S/c1-8-4-5-9(25-8)7-17-19-15(24)11-12(10-3-2-6-27-10)23(22-18-11)14-13(16)20-26-21-14/h2-7H,1H3,(H2,16,20)(H,19,24)/b17-7+. The Bertz CT molecular complexity index is 1110. The maximum absolute atomic E-state index is 12.6. The largest absolute Gasteiger partial charge is 0.460 e. The molecule has 0 aliphatic rings. The summed E-state index contributed by atoms with van der Waals surface area (Å²) in [6, 6.07) is 7.18. The van der Waals surface area contributed by atoms with Crippen molar-refractivity contribution in [2.24, 2.45) is 5.10 Å². The Morgan fingerprint density at radius 2 is 2.26 bits per heavy atom. The fourth-order valence-corrected chi connectivity index (χ4v) is 3.04. The molecule has 0 unspecified atom stereocenters. The zero-order valence-electron chi connectivity index (χ0n) is 13.9. The van der Waals surface area contributed by atoms with Gasteiger partial charge in [-0.25, -0.2) is 10.1 Å². The van der Waals surface area contributed by atoms with Gasteiger partial charge in [0.2, 0.25) is 11.6 Å². The van der Waals surface area contributed by atoms with Crippen molar-refractivity contribution in [1.82, 2.24) is 30.7 Å². The highest BCUT2D eigenvalue weighted by molar-refractivity contribution is 7.13. The first-order valence-electron chi connectivity index (χ1n) is 7.61. The molecule has 11 nitrogen and oxygen atoms in total. The van der Waals surface area contributed by atoms with E-state index in [2.05, 4.69) is 35.8 Å². The third-order valence-electron chi connectivity index (χ3n) is 3.46. The van der Waals surface area contributed by atoms with Crippen LogP contribution in [0.15, 0.2) is 43.8 Å². The van der Waals surface area contributed by atoms with Gasteiger partial charge < -0.3 is 10.2 Å². The number of amides is 1. The molecular formula is C15H12N8O3S. The van der Waals surface area contributed by atoms with Crippen LogP contribution < -0.4 is 11.2 Å². The Morgan fingerprint density at radius 3 is 2.93 bits per heavy atom. The van der Waals surface area contributed by atoms with E-state index in [1.54, 1.807) is 12.1 Å². The Hall–Kier alpha value is -3.80. The zero-order chi connectivity index (χ0) is 18.8. The van der Waals surface area contributed by atoms with Gasteiger partial charge in [0.1, 0.15) is 17.2 Å². The second-order valence-electron chi connectivity index (χ2n) is 5.30. The number of rotatable bonds is 5. The lowest BCUT2D eigenvalue weighted by Crippen LogP contribution is -2.19. The molecule has 0 aromatic carbocycles. The van der Waals surface area contributed by atoms with Gasteiger partial charge in [-0.2, -0.15) is 9.78 Å². The summed E-state index contributed by atoms with van der Waals surface area (Å²) < 4.78 is 11.3. The van der Waals surface area contributed by atoms with Crippen LogP contribution in [0.1, 0.15) is 22.0 Å². The van der Waals surface area contributed by atoms with Crippen molar-refractivity contribution in [3.63, 3.8) is 0 Å². The molecule has 0 atom stereocenters. The van der Waals surface area contributed by atoms with Crippen molar-refractivity contribution in [3.8, 4) is 16.4 Å². The minimum atomic E-state index is -0.556. The number of thiophene rings is 1. The number of hydrazone groups is 1. The van der Waals surface area contributed by atoms with Crippen LogP contribution in [-0.4, -0.2) is 37.4 Å².